The van der Waals surface area contributed by atoms with E-state index in [1.165, 1.54) is 11.1 Å². The molecule has 104 valence electrons. The largest absolute Gasteiger partial charge is 0.265 e. The van der Waals surface area contributed by atoms with E-state index in [1.54, 1.807) is 18.6 Å². The lowest BCUT2D eigenvalue weighted by Gasteiger charge is -1.98. The van der Waals surface area contributed by atoms with Gasteiger partial charge >= 0.3 is 0 Å². The van der Waals surface area contributed by atoms with Crippen molar-refractivity contribution in [3.63, 3.8) is 0 Å². The molecule has 3 nitrogen and oxygen atoms in total. The fourth-order valence-corrected chi connectivity index (χ4v) is 2.70. The van der Waals surface area contributed by atoms with Gasteiger partial charge in [-0.25, -0.2) is 0 Å². The van der Waals surface area contributed by atoms with Crippen molar-refractivity contribution in [1.29, 1.82) is 0 Å². The summed E-state index contributed by atoms with van der Waals surface area (Å²) in [5.74, 6) is 0. The second kappa shape index (κ2) is 5.37. The number of hydrogen-bond donors (Lipinski definition) is 0. The monoisotopic (exact) mass is 283 g/mol. The Morgan fingerprint density at radius 2 is 1.23 bits per heavy atom. The normalized spacial score (nSPS) is 12.3. The number of fused-ring (bicyclic) bond motifs is 3. The fraction of sp³-hybridized carbons (Fsp3) is 0. The maximum Gasteiger partial charge on any atom is 0.101 e. The maximum absolute atomic E-state index is 4.47. The predicted molar refractivity (Wildman–Crippen MR) is 89.3 cm³/mol. The van der Waals surface area contributed by atoms with Crippen molar-refractivity contribution in [1.82, 2.24) is 4.98 Å². The number of pyridine rings is 1. The van der Waals surface area contributed by atoms with E-state index in [0.29, 0.717) is 0 Å². The lowest BCUT2D eigenvalue weighted by molar-refractivity contribution is 1.24. The lowest BCUT2D eigenvalue weighted by atomic mass is 10.1. The number of hydrogen-bond acceptors (Lipinski definition) is 3. The molecule has 0 radical (unpaired) electrons. The van der Waals surface area contributed by atoms with Gasteiger partial charge in [0.15, 0.2) is 0 Å². The van der Waals surface area contributed by atoms with Crippen LogP contribution in [0.4, 0.5) is 0 Å². The van der Waals surface area contributed by atoms with Crippen molar-refractivity contribution in [2.24, 2.45) is 10.2 Å². The summed E-state index contributed by atoms with van der Waals surface area (Å²) in [5.41, 5.74) is 6.62. The van der Waals surface area contributed by atoms with Crippen molar-refractivity contribution in [3.8, 4) is 11.1 Å². The summed E-state index contributed by atoms with van der Waals surface area (Å²) in [6, 6.07) is 20.4. The van der Waals surface area contributed by atoms with Crippen LogP contribution >= 0.6 is 0 Å². The quantitative estimate of drug-likeness (QED) is 0.405. The summed E-state index contributed by atoms with van der Waals surface area (Å²) in [4.78, 5) is 3.99. The highest BCUT2D eigenvalue weighted by molar-refractivity contribution is 6.24. The molecule has 1 heterocycles. The van der Waals surface area contributed by atoms with Crippen molar-refractivity contribution in [2.45, 2.75) is 0 Å². The van der Waals surface area contributed by atoms with Crippen molar-refractivity contribution < 1.29 is 0 Å². The Hall–Kier alpha value is -3.07. The average molecular weight is 283 g/mol. The van der Waals surface area contributed by atoms with E-state index >= 15 is 0 Å². The smallest absolute Gasteiger partial charge is 0.101 e. The standard InChI is InChI=1S/C19H13N3/c1-3-7-17-15(5-1)16-6-2-4-8-18(16)19(17)22-21-13-14-9-11-20-12-10-14/h1-13H/b21-13+. The molecule has 2 aromatic carbocycles. The average Bonchev–Trinajstić information content (AvgIpc) is 2.91. The van der Waals surface area contributed by atoms with Crippen LogP contribution in [0.15, 0.2) is 83.3 Å². The molecule has 0 fully saturated rings. The van der Waals surface area contributed by atoms with Gasteiger partial charge in [-0.05, 0) is 28.8 Å². The third-order valence-corrected chi connectivity index (χ3v) is 3.73. The second-order valence-corrected chi connectivity index (χ2v) is 5.06. The summed E-state index contributed by atoms with van der Waals surface area (Å²) in [6.45, 7) is 0. The molecule has 0 saturated carbocycles. The summed E-state index contributed by atoms with van der Waals surface area (Å²) >= 11 is 0. The van der Waals surface area contributed by atoms with Gasteiger partial charge in [0, 0.05) is 23.5 Å². The Kier molecular flexibility index (Phi) is 3.09. The Balaban J connectivity index is 1.78. The molecule has 3 heteroatoms. The first-order valence-corrected chi connectivity index (χ1v) is 7.14. The summed E-state index contributed by atoms with van der Waals surface area (Å²) < 4.78 is 0. The van der Waals surface area contributed by atoms with Gasteiger partial charge in [-0.1, -0.05) is 48.5 Å². The fourth-order valence-electron chi connectivity index (χ4n) is 2.70. The van der Waals surface area contributed by atoms with Crippen LogP contribution in [0.2, 0.25) is 0 Å². The zero-order valence-corrected chi connectivity index (χ0v) is 11.8. The zero-order valence-electron chi connectivity index (χ0n) is 11.8. The molecule has 4 rings (SSSR count). The van der Waals surface area contributed by atoms with Crippen LogP contribution < -0.4 is 0 Å². The molecule has 0 bridgehead atoms. The van der Waals surface area contributed by atoms with Gasteiger partial charge in [-0.2, -0.15) is 5.10 Å². The minimum atomic E-state index is 0.927. The van der Waals surface area contributed by atoms with E-state index < -0.39 is 0 Å². The Morgan fingerprint density at radius 1 is 0.682 bits per heavy atom. The summed E-state index contributed by atoms with van der Waals surface area (Å²) in [7, 11) is 0. The Morgan fingerprint density at radius 3 is 1.82 bits per heavy atom. The van der Waals surface area contributed by atoms with Gasteiger partial charge in [0.2, 0.25) is 0 Å². The third-order valence-electron chi connectivity index (χ3n) is 3.73. The number of rotatable bonds is 2. The van der Waals surface area contributed by atoms with Crippen molar-refractivity contribution in [3.05, 3.63) is 89.7 Å². The van der Waals surface area contributed by atoms with Crippen LogP contribution in [-0.2, 0) is 0 Å². The van der Waals surface area contributed by atoms with Crippen LogP contribution in [0.1, 0.15) is 16.7 Å². The van der Waals surface area contributed by atoms with E-state index in [9.17, 15) is 0 Å². The SMILES string of the molecule is C(=N\N=C1c2ccccc2-c2ccccc21)/c1ccncc1. The molecule has 0 N–H and O–H groups in total. The molecular weight excluding hydrogens is 270 g/mol. The van der Waals surface area contributed by atoms with E-state index in [2.05, 4.69) is 51.6 Å². The van der Waals surface area contributed by atoms with Gasteiger partial charge in [0.25, 0.3) is 0 Å². The molecule has 1 aliphatic carbocycles. The highest BCUT2D eigenvalue weighted by atomic mass is 15.2. The van der Waals surface area contributed by atoms with Crippen LogP contribution in [0.5, 0.6) is 0 Å². The molecular formula is C19H13N3. The molecule has 0 aliphatic heterocycles. The van der Waals surface area contributed by atoms with E-state index in [-0.39, 0.29) is 0 Å². The van der Waals surface area contributed by atoms with E-state index in [0.717, 1.165) is 22.4 Å². The molecule has 0 spiro atoms. The molecule has 0 amide bonds. The number of aromatic nitrogens is 1. The Bertz CT molecular complexity index is 832. The van der Waals surface area contributed by atoms with Crippen LogP contribution in [0.3, 0.4) is 0 Å². The van der Waals surface area contributed by atoms with Gasteiger partial charge in [-0.15, -0.1) is 5.10 Å². The van der Waals surface area contributed by atoms with Gasteiger partial charge in [0.1, 0.15) is 5.71 Å². The molecule has 3 aromatic rings. The minimum absolute atomic E-state index is 0.927. The molecule has 0 atom stereocenters. The van der Waals surface area contributed by atoms with Crippen molar-refractivity contribution >= 4 is 11.9 Å². The van der Waals surface area contributed by atoms with Crippen LogP contribution in [0, 0.1) is 0 Å². The van der Waals surface area contributed by atoms with Gasteiger partial charge in [-0.3, -0.25) is 4.98 Å². The highest BCUT2D eigenvalue weighted by Gasteiger charge is 2.23. The van der Waals surface area contributed by atoms with Crippen LogP contribution in [0.25, 0.3) is 11.1 Å². The predicted octanol–water partition coefficient (Wildman–Crippen LogP) is 3.93. The summed E-state index contributed by atoms with van der Waals surface area (Å²) in [6.07, 6.45) is 5.24. The van der Waals surface area contributed by atoms with E-state index in [4.69, 9.17) is 0 Å². The zero-order chi connectivity index (χ0) is 14.8. The number of nitrogens with zero attached hydrogens (tertiary/aromatic N) is 3. The molecule has 0 unspecified atom stereocenters. The van der Waals surface area contributed by atoms with Gasteiger partial charge < -0.3 is 0 Å². The van der Waals surface area contributed by atoms with Crippen LogP contribution in [-0.4, -0.2) is 16.9 Å². The molecule has 1 aromatic heterocycles. The lowest BCUT2D eigenvalue weighted by Crippen LogP contribution is -1.97. The number of benzene rings is 2. The summed E-state index contributed by atoms with van der Waals surface area (Å²) in [5, 5.41) is 8.72. The second-order valence-electron chi connectivity index (χ2n) is 5.06. The first-order valence-electron chi connectivity index (χ1n) is 7.14. The van der Waals surface area contributed by atoms with E-state index in [1.807, 2.05) is 24.3 Å². The molecule has 0 saturated heterocycles. The minimum Gasteiger partial charge on any atom is -0.265 e. The topological polar surface area (TPSA) is 37.6 Å². The van der Waals surface area contributed by atoms with Gasteiger partial charge in [0.05, 0.1) is 6.21 Å². The first-order chi connectivity index (χ1) is 10.9. The molecule has 22 heavy (non-hydrogen) atoms. The first kappa shape index (κ1) is 12.7. The third kappa shape index (κ3) is 2.13. The maximum atomic E-state index is 4.47. The van der Waals surface area contributed by atoms with Crippen molar-refractivity contribution in [2.75, 3.05) is 0 Å². The molecule has 1 aliphatic rings. The Labute approximate surface area is 128 Å². The highest BCUT2D eigenvalue weighted by Crippen LogP contribution is 2.36.